The fourth-order valence-corrected chi connectivity index (χ4v) is 6.73. The number of carbonyl (C=O) groups is 1. The van der Waals surface area contributed by atoms with E-state index in [-0.39, 0.29) is 34.7 Å². The highest BCUT2D eigenvalue weighted by atomic mass is 16.5. The maximum absolute atomic E-state index is 12.5. The van der Waals surface area contributed by atoms with Gasteiger partial charge in [-0.2, -0.15) is 0 Å². The number of allylic oxidation sites excluding steroid dienone is 1. The number of hydrogen-bond donors (Lipinski definition) is 1. The van der Waals surface area contributed by atoms with E-state index in [2.05, 4.69) is 20.8 Å². The first-order valence-corrected chi connectivity index (χ1v) is 12.6. The Hall–Kier alpha value is -2.60. The molecule has 190 valence electrons. The van der Waals surface area contributed by atoms with Crippen LogP contribution in [0.15, 0.2) is 51.2 Å². The average molecular weight is 483 g/mol. The van der Waals surface area contributed by atoms with Gasteiger partial charge in [0.05, 0.1) is 12.2 Å². The van der Waals surface area contributed by atoms with E-state index >= 15 is 0 Å². The van der Waals surface area contributed by atoms with Crippen LogP contribution in [0.4, 0.5) is 0 Å². The molecule has 6 heteroatoms. The van der Waals surface area contributed by atoms with Crippen LogP contribution in [0.5, 0.6) is 5.75 Å². The van der Waals surface area contributed by atoms with Gasteiger partial charge in [-0.25, -0.2) is 9.59 Å². The molecule has 6 nitrogen and oxygen atoms in total. The maximum atomic E-state index is 12.5. The summed E-state index contributed by atoms with van der Waals surface area (Å²) in [5.41, 5.74) is -0.599. The van der Waals surface area contributed by atoms with E-state index in [9.17, 15) is 14.7 Å². The van der Waals surface area contributed by atoms with E-state index in [1.165, 1.54) is 6.07 Å². The summed E-state index contributed by atoms with van der Waals surface area (Å²) in [7, 11) is 0. The minimum atomic E-state index is -0.879. The van der Waals surface area contributed by atoms with Gasteiger partial charge in [0, 0.05) is 34.4 Å². The minimum absolute atomic E-state index is 0.111. The fraction of sp³-hybridized carbons (Fsp3) is 0.586. The Bertz CT molecular complexity index is 1190. The third kappa shape index (κ3) is 4.65. The zero-order valence-electron chi connectivity index (χ0n) is 21.7. The van der Waals surface area contributed by atoms with Gasteiger partial charge in [0.25, 0.3) is 0 Å². The number of carbonyl (C=O) groups excluding carboxylic acids is 1. The van der Waals surface area contributed by atoms with Crippen LogP contribution in [-0.4, -0.2) is 29.4 Å². The van der Waals surface area contributed by atoms with E-state index in [4.69, 9.17) is 13.9 Å². The van der Waals surface area contributed by atoms with Crippen molar-refractivity contribution in [2.45, 2.75) is 78.9 Å². The Kier molecular flexibility index (Phi) is 6.64. The number of ether oxygens (including phenoxy) is 2. The van der Waals surface area contributed by atoms with Crippen molar-refractivity contribution in [2.75, 3.05) is 6.61 Å². The van der Waals surface area contributed by atoms with E-state index < -0.39 is 11.2 Å². The van der Waals surface area contributed by atoms with Crippen LogP contribution in [0, 0.1) is 22.7 Å². The summed E-state index contributed by atoms with van der Waals surface area (Å²) in [5, 5.41) is 12.3. The molecule has 2 aliphatic carbocycles. The van der Waals surface area contributed by atoms with Crippen LogP contribution in [-0.2, 0) is 9.53 Å². The summed E-state index contributed by atoms with van der Waals surface area (Å²) in [6, 6.07) is 8.60. The van der Waals surface area contributed by atoms with Gasteiger partial charge >= 0.3 is 11.6 Å². The molecule has 0 bridgehead atoms. The van der Waals surface area contributed by atoms with E-state index in [0.717, 1.165) is 24.6 Å². The molecule has 1 heterocycles. The Morgan fingerprint density at radius 1 is 1.14 bits per heavy atom. The van der Waals surface area contributed by atoms with Gasteiger partial charge in [-0.15, -0.1) is 0 Å². The SMILES string of the molecule is C/C=C(/C)C(=O)O[C@@H]1CC[C@]2(C)[C@H](CC[C@@](C)(O)[C@H]2COc2ccc3ccc(=O)oc3c2)C1(C)C. The number of aliphatic hydroxyl groups is 1. The first-order valence-electron chi connectivity index (χ1n) is 12.6. The van der Waals surface area contributed by atoms with E-state index in [1.54, 1.807) is 25.1 Å². The molecule has 0 spiro atoms. The van der Waals surface area contributed by atoms with Crippen LogP contribution in [0.1, 0.15) is 67.2 Å². The molecule has 1 N–H and O–H groups in total. The fourth-order valence-electron chi connectivity index (χ4n) is 6.73. The summed E-state index contributed by atoms with van der Waals surface area (Å²) >= 11 is 0. The lowest BCUT2D eigenvalue weighted by Gasteiger charge is -2.62. The summed E-state index contributed by atoms with van der Waals surface area (Å²) in [4.78, 5) is 24.2. The van der Waals surface area contributed by atoms with Gasteiger partial charge in [-0.1, -0.05) is 26.8 Å². The second-order valence-corrected chi connectivity index (χ2v) is 11.5. The van der Waals surface area contributed by atoms with Gasteiger partial charge in [0.1, 0.15) is 17.4 Å². The second-order valence-electron chi connectivity index (χ2n) is 11.5. The summed E-state index contributed by atoms with van der Waals surface area (Å²) in [6.07, 6.45) is 4.72. The quantitative estimate of drug-likeness (QED) is 0.337. The lowest BCUT2D eigenvalue weighted by molar-refractivity contribution is -0.210. The Morgan fingerprint density at radius 3 is 2.57 bits per heavy atom. The van der Waals surface area contributed by atoms with E-state index in [1.807, 2.05) is 26.0 Å². The Morgan fingerprint density at radius 2 is 1.86 bits per heavy atom. The predicted molar refractivity (Wildman–Crippen MR) is 135 cm³/mol. The molecule has 2 aromatic rings. The Balaban J connectivity index is 1.57. The summed E-state index contributed by atoms with van der Waals surface area (Å²) in [6.45, 7) is 12.5. The van der Waals surface area contributed by atoms with Crippen molar-refractivity contribution in [2.24, 2.45) is 22.7 Å². The largest absolute Gasteiger partial charge is 0.493 e. The van der Waals surface area contributed by atoms with E-state index in [0.29, 0.717) is 29.9 Å². The number of benzene rings is 1. The van der Waals surface area contributed by atoms with Gasteiger partial charge in [0.15, 0.2) is 0 Å². The predicted octanol–water partition coefficient (Wildman–Crippen LogP) is 5.65. The molecule has 35 heavy (non-hydrogen) atoms. The van der Waals surface area contributed by atoms with Crippen LogP contribution in [0.3, 0.4) is 0 Å². The van der Waals surface area contributed by atoms with Crippen molar-refractivity contribution in [3.63, 3.8) is 0 Å². The Labute approximate surface area is 207 Å². The molecule has 2 saturated carbocycles. The van der Waals surface area contributed by atoms with Crippen molar-refractivity contribution in [1.29, 1.82) is 0 Å². The van der Waals surface area contributed by atoms with Gasteiger partial charge in [-0.3, -0.25) is 0 Å². The zero-order valence-corrected chi connectivity index (χ0v) is 21.7. The second kappa shape index (κ2) is 9.12. The normalized spacial score (nSPS) is 32.7. The molecule has 4 rings (SSSR count). The minimum Gasteiger partial charge on any atom is -0.493 e. The lowest BCUT2D eigenvalue weighted by Crippen LogP contribution is -2.62. The van der Waals surface area contributed by atoms with Crippen LogP contribution >= 0.6 is 0 Å². The van der Waals surface area contributed by atoms with Gasteiger partial charge in [-0.05, 0) is 76.0 Å². The number of rotatable bonds is 5. The van der Waals surface area contributed by atoms with Gasteiger partial charge in [0.2, 0.25) is 0 Å². The lowest BCUT2D eigenvalue weighted by atomic mass is 9.45. The van der Waals surface area contributed by atoms with Crippen LogP contribution in [0.25, 0.3) is 11.0 Å². The summed E-state index contributed by atoms with van der Waals surface area (Å²) < 4.78 is 17.5. The highest BCUT2D eigenvalue weighted by Gasteiger charge is 2.61. The molecule has 0 saturated heterocycles. The number of fused-ring (bicyclic) bond motifs is 2. The molecule has 2 aliphatic rings. The van der Waals surface area contributed by atoms with Crippen LogP contribution in [0.2, 0.25) is 0 Å². The molecule has 1 aromatic heterocycles. The smallest absolute Gasteiger partial charge is 0.336 e. The number of hydrogen-bond acceptors (Lipinski definition) is 6. The van der Waals surface area contributed by atoms with Crippen molar-refractivity contribution in [3.05, 3.63) is 52.4 Å². The third-order valence-electron chi connectivity index (χ3n) is 8.97. The topological polar surface area (TPSA) is 86.0 Å². The molecule has 0 amide bonds. The summed E-state index contributed by atoms with van der Waals surface area (Å²) in [5.74, 6) is 0.508. The maximum Gasteiger partial charge on any atom is 0.336 e. The first kappa shape index (κ1) is 25.5. The van der Waals surface area contributed by atoms with Crippen molar-refractivity contribution >= 4 is 16.9 Å². The van der Waals surface area contributed by atoms with Crippen LogP contribution < -0.4 is 10.4 Å². The average Bonchev–Trinajstić information content (AvgIpc) is 2.79. The molecular formula is C29H38O6. The third-order valence-corrected chi connectivity index (χ3v) is 8.97. The monoisotopic (exact) mass is 482 g/mol. The van der Waals surface area contributed by atoms with Crippen molar-refractivity contribution in [3.8, 4) is 5.75 Å². The standard InChI is InChI=1S/C29H38O6/c1-7-18(2)26(31)35-24-13-14-28(5)22(27(24,3)4)12-15-29(6,32)23(28)17-33-20-10-8-19-9-11-25(30)34-21(19)16-20/h7-11,16,22-24,32H,12-15,17H2,1-6H3/b18-7-/t22-,23+,24-,28-,29-/m1/s1. The zero-order chi connectivity index (χ0) is 25.6. The van der Waals surface area contributed by atoms with Crippen molar-refractivity contribution in [1.82, 2.24) is 0 Å². The molecule has 0 unspecified atom stereocenters. The molecular weight excluding hydrogens is 444 g/mol. The molecule has 2 fully saturated rings. The van der Waals surface area contributed by atoms with Crippen molar-refractivity contribution < 1.29 is 23.8 Å². The molecule has 0 radical (unpaired) electrons. The molecule has 5 atom stereocenters. The highest BCUT2D eigenvalue weighted by molar-refractivity contribution is 5.87. The molecule has 1 aromatic carbocycles. The highest BCUT2D eigenvalue weighted by Crippen LogP contribution is 2.62. The molecule has 0 aliphatic heterocycles. The first-order chi connectivity index (χ1) is 16.4. The number of esters is 1. The van der Waals surface area contributed by atoms with Gasteiger partial charge < -0.3 is 19.0 Å².